The number of Topliss-reactive ketones (excluding diaryl/α,β-unsaturated/α-hetero) is 1. The van der Waals surface area contributed by atoms with Gasteiger partial charge in [0, 0.05) is 6.42 Å². The van der Waals surface area contributed by atoms with E-state index in [-0.39, 0.29) is 23.7 Å². The summed E-state index contributed by atoms with van der Waals surface area (Å²) in [6, 6.07) is 12.4. The molecule has 160 valence electrons. The van der Waals surface area contributed by atoms with E-state index in [4.69, 9.17) is 4.74 Å². The molecule has 4 rings (SSSR count). The van der Waals surface area contributed by atoms with Gasteiger partial charge >= 0.3 is 0 Å². The van der Waals surface area contributed by atoms with Crippen LogP contribution in [0.25, 0.3) is 10.2 Å². The van der Waals surface area contributed by atoms with Crippen LogP contribution in [0.5, 0.6) is 5.75 Å². The fourth-order valence-corrected chi connectivity index (χ4v) is 4.87. The number of ketones is 1. The molecule has 1 aromatic heterocycles. The quantitative estimate of drug-likeness (QED) is 0.580. The molecule has 31 heavy (non-hydrogen) atoms. The van der Waals surface area contributed by atoms with E-state index in [0.717, 1.165) is 21.3 Å². The average molecular weight is 437 g/mol. The summed E-state index contributed by atoms with van der Waals surface area (Å²) < 4.78 is 6.14. The van der Waals surface area contributed by atoms with Crippen LogP contribution in [-0.4, -0.2) is 28.9 Å². The zero-order chi connectivity index (χ0) is 22.3. The number of anilines is 1. The van der Waals surface area contributed by atoms with Crippen LogP contribution >= 0.6 is 11.3 Å². The minimum atomic E-state index is -0.721. The van der Waals surface area contributed by atoms with E-state index in [1.165, 1.54) is 16.2 Å². The molecule has 0 aliphatic carbocycles. The van der Waals surface area contributed by atoms with E-state index in [0.29, 0.717) is 10.9 Å². The summed E-state index contributed by atoms with van der Waals surface area (Å²) in [6.45, 7) is 5.83. The molecule has 7 heteroatoms. The molecule has 0 bridgehead atoms. The summed E-state index contributed by atoms with van der Waals surface area (Å²) in [7, 11) is 1.59. The highest BCUT2D eigenvalue weighted by molar-refractivity contribution is 7.22. The van der Waals surface area contributed by atoms with Gasteiger partial charge in [0.2, 0.25) is 0 Å². The minimum Gasteiger partial charge on any atom is -0.503 e. The summed E-state index contributed by atoms with van der Waals surface area (Å²) in [5.74, 6) is -0.527. The highest BCUT2D eigenvalue weighted by atomic mass is 32.1. The number of thiazole rings is 1. The second kappa shape index (κ2) is 8.15. The normalized spacial score (nSPS) is 16.6. The second-order valence-electron chi connectivity index (χ2n) is 8.11. The van der Waals surface area contributed by atoms with Gasteiger partial charge in [0.25, 0.3) is 5.91 Å². The fourth-order valence-electron chi connectivity index (χ4n) is 3.85. The van der Waals surface area contributed by atoms with Crippen molar-refractivity contribution >= 4 is 38.4 Å². The number of hydrogen-bond donors (Lipinski definition) is 1. The maximum Gasteiger partial charge on any atom is 0.296 e. The molecule has 1 aliphatic heterocycles. The number of nitrogens with zero attached hydrogens (tertiary/aromatic N) is 2. The van der Waals surface area contributed by atoms with E-state index in [2.05, 4.69) is 4.98 Å². The number of aryl methyl sites for hydroxylation is 1. The number of methoxy groups -OCH3 is 1. The topological polar surface area (TPSA) is 79.7 Å². The molecule has 0 spiro atoms. The maximum atomic E-state index is 13.2. The van der Waals surface area contributed by atoms with Crippen LogP contribution < -0.4 is 9.64 Å². The molecule has 1 atom stereocenters. The first-order valence-electron chi connectivity index (χ1n) is 10.1. The lowest BCUT2D eigenvalue weighted by molar-refractivity contribution is -0.118. The SMILES string of the molecule is COc1ccc2nc(N3C(=O)C(O)=C(C(=O)CC(C)C)C3c3cccc(C)c3)sc2c1. The Bertz CT molecular complexity index is 1210. The highest BCUT2D eigenvalue weighted by Gasteiger charge is 2.45. The number of aliphatic hydroxyl groups is 1. The Labute approximate surface area is 184 Å². The van der Waals surface area contributed by atoms with Gasteiger partial charge < -0.3 is 9.84 Å². The fraction of sp³-hybridized carbons (Fsp3) is 0.292. The number of rotatable bonds is 6. The van der Waals surface area contributed by atoms with Crippen LogP contribution in [0.15, 0.2) is 53.8 Å². The number of carbonyl (C=O) groups is 2. The van der Waals surface area contributed by atoms with Gasteiger partial charge in [-0.15, -0.1) is 0 Å². The molecule has 6 nitrogen and oxygen atoms in total. The van der Waals surface area contributed by atoms with Gasteiger partial charge in [-0.25, -0.2) is 4.98 Å². The Morgan fingerprint density at radius 3 is 2.71 bits per heavy atom. The molecule has 2 heterocycles. The third kappa shape index (κ3) is 3.81. The smallest absolute Gasteiger partial charge is 0.296 e. The van der Waals surface area contributed by atoms with Crippen molar-refractivity contribution < 1.29 is 19.4 Å². The first kappa shape index (κ1) is 21.1. The number of fused-ring (bicyclic) bond motifs is 1. The number of hydrogen-bond acceptors (Lipinski definition) is 6. The number of carbonyl (C=O) groups excluding carboxylic acids is 2. The monoisotopic (exact) mass is 436 g/mol. The number of benzene rings is 2. The standard InChI is InChI=1S/C24H24N2O4S/c1-13(2)10-18(27)20-21(15-7-5-6-14(3)11-15)26(23(29)22(20)28)24-25-17-9-8-16(30-4)12-19(17)31-24/h5-9,11-13,21,28H,10H2,1-4H3. The first-order valence-corrected chi connectivity index (χ1v) is 10.9. The van der Waals surface area contributed by atoms with Gasteiger partial charge in [0.15, 0.2) is 16.7 Å². The van der Waals surface area contributed by atoms with Crippen molar-refractivity contribution in [3.05, 3.63) is 64.9 Å². The zero-order valence-corrected chi connectivity index (χ0v) is 18.7. The van der Waals surface area contributed by atoms with E-state index < -0.39 is 17.7 Å². The van der Waals surface area contributed by atoms with Gasteiger partial charge in [-0.2, -0.15) is 0 Å². The van der Waals surface area contributed by atoms with E-state index in [1.807, 2.05) is 63.2 Å². The average Bonchev–Trinajstić information content (AvgIpc) is 3.25. The van der Waals surface area contributed by atoms with Crippen LogP contribution in [0.2, 0.25) is 0 Å². The summed E-state index contributed by atoms with van der Waals surface area (Å²) in [4.78, 5) is 32.3. The van der Waals surface area contributed by atoms with Gasteiger partial charge in [0.1, 0.15) is 5.75 Å². The number of ether oxygens (including phenoxy) is 1. The Hall–Kier alpha value is -3.19. The van der Waals surface area contributed by atoms with Gasteiger partial charge in [0.05, 0.1) is 28.9 Å². The Balaban J connectivity index is 1.86. The van der Waals surface area contributed by atoms with Crippen LogP contribution in [0.4, 0.5) is 5.13 Å². The predicted molar refractivity (Wildman–Crippen MR) is 122 cm³/mol. The molecule has 1 amide bonds. The lowest BCUT2D eigenvalue weighted by Crippen LogP contribution is -2.31. The molecule has 0 radical (unpaired) electrons. The molecule has 0 saturated heterocycles. The minimum absolute atomic E-state index is 0.102. The summed E-state index contributed by atoms with van der Waals surface area (Å²) >= 11 is 1.33. The van der Waals surface area contributed by atoms with E-state index in [9.17, 15) is 14.7 Å². The molecule has 2 aromatic carbocycles. The third-order valence-electron chi connectivity index (χ3n) is 5.25. The lowest BCUT2D eigenvalue weighted by Gasteiger charge is -2.25. The molecule has 1 N–H and O–H groups in total. The van der Waals surface area contributed by atoms with Crippen molar-refractivity contribution in [2.45, 2.75) is 33.2 Å². The van der Waals surface area contributed by atoms with Crippen LogP contribution in [-0.2, 0) is 9.59 Å². The van der Waals surface area contributed by atoms with Crippen molar-refractivity contribution in [1.82, 2.24) is 4.98 Å². The maximum absolute atomic E-state index is 13.2. The van der Waals surface area contributed by atoms with Crippen LogP contribution in [0.3, 0.4) is 0 Å². The van der Waals surface area contributed by atoms with E-state index in [1.54, 1.807) is 7.11 Å². The molecular weight excluding hydrogens is 412 g/mol. The highest BCUT2D eigenvalue weighted by Crippen LogP contribution is 2.44. The zero-order valence-electron chi connectivity index (χ0n) is 17.9. The van der Waals surface area contributed by atoms with Crippen molar-refractivity contribution in [3.8, 4) is 5.75 Å². The van der Waals surface area contributed by atoms with Crippen molar-refractivity contribution in [3.63, 3.8) is 0 Å². The number of aliphatic hydroxyl groups excluding tert-OH is 1. The third-order valence-corrected chi connectivity index (χ3v) is 6.27. The predicted octanol–water partition coefficient (Wildman–Crippen LogP) is 5.13. The molecule has 3 aromatic rings. The van der Waals surface area contributed by atoms with Crippen molar-refractivity contribution in [1.29, 1.82) is 0 Å². The van der Waals surface area contributed by atoms with Gasteiger partial charge in [-0.1, -0.05) is 55.0 Å². The number of aromatic nitrogens is 1. The Morgan fingerprint density at radius 1 is 1.26 bits per heavy atom. The molecule has 1 aliphatic rings. The Kier molecular flexibility index (Phi) is 5.54. The molecule has 0 saturated carbocycles. The molecule has 1 unspecified atom stereocenters. The van der Waals surface area contributed by atoms with Crippen LogP contribution in [0.1, 0.15) is 37.4 Å². The van der Waals surface area contributed by atoms with Gasteiger partial charge in [-0.3, -0.25) is 14.5 Å². The molecular formula is C24H24N2O4S. The van der Waals surface area contributed by atoms with E-state index >= 15 is 0 Å². The van der Waals surface area contributed by atoms with Gasteiger partial charge in [-0.05, 0) is 36.6 Å². The summed E-state index contributed by atoms with van der Waals surface area (Å²) in [5, 5.41) is 11.2. The summed E-state index contributed by atoms with van der Waals surface area (Å²) in [6.07, 6.45) is 0.250. The van der Waals surface area contributed by atoms with Crippen molar-refractivity contribution in [2.75, 3.05) is 12.0 Å². The lowest BCUT2D eigenvalue weighted by atomic mass is 9.91. The first-order chi connectivity index (χ1) is 14.8. The largest absolute Gasteiger partial charge is 0.503 e. The van der Waals surface area contributed by atoms with Crippen LogP contribution in [0, 0.1) is 12.8 Å². The Morgan fingerprint density at radius 2 is 2.03 bits per heavy atom. The summed E-state index contributed by atoms with van der Waals surface area (Å²) in [5.41, 5.74) is 2.63. The molecule has 0 fully saturated rings. The number of amides is 1. The second-order valence-corrected chi connectivity index (χ2v) is 9.11. The van der Waals surface area contributed by atoms with Crippen molar-refractivity contribution in [2.24, 2.45) is 5.92 Å².